The zero-order valence-electron chi connectivity index (χ0n) is 14.4. The quantitative estimate of drug-likeness (QED) is 0.532. The summed E-state index contributed by atoms with van der Waals surface area (Å²) in [6.45, 7) is 8.06. The maximum absolute atomic E-state index is 12.2. The van der Waals surface area contributed by atoms with Crippen molar-refractivity contribution in [3.63, 3.8) is 0 Å². The van der Waals surface area contributed by atoms with Gasteiger partial charge in [-0.1, -0.05) is 0 Å². The Morgan fingerprint density at radius 2 is 1.46 bits per heavy atom. The summed E-state index contributed by atoms with van der Waals surface area (Å²) in [7, 11) is -2.43. The molecule has 0 unspecified atom stereocenters. The molecule has 0 spiro atoms. The van der Waals surface area contributed by atoms with Gasteiger partial charge >= 0.3 is 145 Å². The molecule has 0 saturated carbocycles. The summed E-state index contributed by atoms with van der Waals surface area (Å²) < 4.78 is 0. The van der Waals surface area contributed by atoms with Crippen molar-refractivity contribution in [3.8, 4) is 0 Å². The molecule has 0 N–H and O–H groups in total. The molecule has 2 aromatic carbocycles. The Bertz CT molecular complexity index is 703. The molecule has 0 fully saturated rings. The average Bonchev–Trinajstić information content (AvgIpc) is 2.61. The molecular formula is C22H25OP. The van der Waals surface area contributed by atoms with Crippen LogP contribution in [-0.4, -0.2) is 11.9 Å². The van der Waals surface area contributed by atoms with E-state index in [1.807, 2.05) is 61.5 Å². The number of hydrogen-bond donors (Lipinski definition) is 0. The van der Waals surface area contributed by atoms with Gasteiger partial charge in [-0.15, -0.1) is 0 Å². The van der Waals surface area contributed by atoms with Gasteiger partial charge in [0.25, 0.3) is 0 Å². The van der Waals surface area contributed by atoms with Crippen LogP contribution in [0.2, 0.25) is 0 Å². The number of ketones is 1. The monoisotopic (exact) mass is 336 g/mol. The molecule has 124 valence electrons. The topological polar surface area (TPSA) is 17.1 Å². The van der Waals surface area contributed by atoms with Gasteiger partial charge in [-0.2, -0.15) is 0 Å². The van der Waals surface area contributed by atoms with Crippen molar-refractivity contribution in [1.82, 2.24) is 0 Å². The first-order chi connectivity index (χ1) is 11.6. The van der Waals surface area contributed by atoms with Crippen LogP contribution in [0.15, 0.2) is 96.9 Å². The fourth-order valence-corrected chi connectivity index (χ4v) is 7.46. The Hall–Kier alpha value is -2.24. The molecule has 0 radical (unpaired) electrons. The minimum atomic E-state index is -2.43. The molecule has 2 aromatic rings. The average molecular weight is 336 g/mol. The van der Waals surface area contributed by atoms with Gasteiger partial charge in [0.1, 0.15) is 0 Å². The number of Topliss-reactive ketones (excluding diaryl/α,β-unsaturated/α-hetero) is 1. The Morgan fingerprint density at radius 3 is 1.88 bits per heavy atom. The molecule has 1 nitrogen and oxygen atoms in total. The van der Waals surface area contributed by atoms with E-state index in [9.17, 15) is 4.79 Å². The SMILES string of the molecule is C=C(/C=C\C=C/C)[PH](CC(C)=O)(c1ccccc1)c1ccccc1. The van der Waals surface area contributed by atoms with Crippen LogP contribution >= 0.6 is 7.26 Å². The molecule has 0 atom stereocenters. The fourth-order valence-electron chi connectivity index (χ4n) is 3.10. The van der Waals surface area contributed by atoms with Gasteiger partial charge in [0.15, 0.2) is 0 Å². The second kappa shape index (κ2) is 8.57. The molecule has 0 heterocycles. The number of benzene rings is 2. The first kappa shape index (κ1) is 18.1. The van der Waals surface area contributed by atoms with Crippen molar-refractivity contribution >= 4 is 23.7 Å². The van der Waals surface area contributed by atoms with E-state index >= 15 is 0 Å². The molecule has 0 aliphatic heterocycles. The second-order valence-electron chi connectivity index (χ2n) is 5.93. The molecule has 0 aromatic heterocycles. The van der Waals surface area contributed by atoms with Crippen molar-refractivity contribution in [2.24, 2.45) is 0 Å². The Labute approximate surface area is 145 Å². The third-order valence-electron chi connectivity index (χ3n) is 4.20. The zero-order chi connectivity index (χ0) is 17.4. The third kappa shape index (κ3) is 3.99. The van der Waals surface area contributed by atoms with Crippen LogP contribution in [0.25, 0.3) is 0 Å². The van der Waals surface area contributed by atoms with Crippen LogP contribution in [0.3, 0.4) is 0 Å². The van der Waals surface area contributed by atoms with E-state index in [4.69, 9.17) is 0 Å². The normalized spacial score (nSPS) is 12.6. The fraction of sp³-hybridized carbons (Fsp3) is 0.136. The van der Waals surface area contributed by atoms with Crippen LogP contribution in [0.5, 0.6) is 0 Å². The molecule has 0 saturated heterocycles. The molecular weight excluding hydrogens is 311 g/mol. The molecule has 0 amide bonds. The molecule has 2 heteroatoms. The Morgan fingerprint density at radius 1 is 0.958 bits per heavy atom. The summed E-state index contributed by atoms with van der Waals surface area (Å²) in [6.07, 6.45) is 8.59. The molecule has 0 bridgehead atoms. The van der Waals surface area contributed by atoms with E-state index in [0.717, 1.165) is 5.31 Å². The number of carbonyl (C=O) groups excluding carboxylic acids is 1. The molecule has 24 heavy (non-hydrogen) atoms. The summed E-state index contributed by atoms with van der Waals surface area (Å²) in [5.74, 6) is 0.204. The third-order valence-corrected chi connectivity index (χ3v) is 9.13. The number of carbonyl (C=O) groups is 1. The molecule has 0 aliphatic carbocycles. The van der Waals surface area contributed by atoms with Crippen LogP contribution in [0.1, 0.15) is 13.8 Å². The Kier molecular flexibility index (Phi) is 6.46. The predicted octanol–water partition coefficient (Wildman–Crippen LogP) is 4.62. The Balaban J connectivity index is 2.69. The molecule has 0 aliphatic rings. The van der Waals surface area contributed by atoms with Crippen molar-refractivity contribution in [3.05, 3.63) is 96.9 Å². The van der Waals surface area contributed by atoms with E-state index in [2.05, 4.69) is 36.9 Å². The predicted molar refractivity (Wildman–Crippen MR) is 109 cm³/mol. The van der Waals surface area contributed by atoms with Crippen LogP contribution in [-0.2, 0) is 4.79 Å². The van der Waals surface area contributed by atoms with Gasteiger partial charge in [-0.05, 0) is 0 Å². The van der Waals surface area contributed by atoms with Gasteiger partial charge in [0.2, 0.25) is 0 Å². The van der Waals surface area contributed by atoms with E-state index in [1.165, 1.54) is 10.6 Å². The number of rotatable bonds is 7. The van der Waals surface area contributed by atoms with Gasteiger partial charge < -0.3 is 0 Å². The van der Waals surface area contributed by atoms with Crippen molar-refractivity contribution < 1.29 is 4.79 Å². The van der Waals surface area contributed by atoms with Crippen LogP contribution < -0.4 is 10.6 Å². The maximum atomic E-state index is 12.2. The number of hydrogen-bond acceptors (Lipinski definition) is 1. The van der Waals surface area contributed by atoms with Crippen LogP contribution in [0.4, 0.5) is 0 Å². The van der Waals surface area contributed by atoms with Crippen LogP contribution in [0, 0.1) is 0 Å². The van der Waals surface area contributed by atoms with Crippen molar-refractivity contribution in [1.29, 1.82) is 0 Å². The van der Waals surface area contributed by atoms with Gasteiger partial charge in [0.05, 0.1) is 0 Å². The van der Waals surface area contributed by atoms with Crippen molar-refractivity contribution in [2.75, 3.05) is 6.16 Å². The van der Waals surface area contributed by atoms with Gasteiger partial charge in [-0.3, -0.25) is 0 Å². The summed E-state index contributed by atoms with van der Waals surface area (Å²) >= 11 is 0. The first-order valence-corrected chi connectivity index (χ1v) is 10.4. The zero-order valence-corrected chi connectivity index (χ0v) is 15.4. The summed E-state index contributed by atoms with van der Waals surface area (Å²) in [6, 6.07) is 20.7. The number of allylic oxidation sites excluding steroid dienone is 5. The van der Waals surface area contributed by atoms with E-state index in [0.29, 0.717) is 6.16 Å². The van der Waals surface area contributed by atoms with Crippen molar-refractivity contribution in [2.45, 2.75) is 13.8 Å². The van der Waals surface area contributed by atoms with E-state index in [-0.39, 0.29) is 5.78 Å². The standard InChI is InChI=1S/C22H25OP/c1-4-5-8-13-20(3)24(18-19(2)23,21-14-9-6-10-15-21)22-16-11-7-12-17-22/h4-17,24H,3,18H2,1-2H3/b5-4-,13-8-. The van der Waals surface area contributed by atoms with E-state index < -0.39 is 7.26 Å². The summed E-state index contributed by atoms with van der Waals surface area (Å²) in [5.41, 5.74) is 0. The summed E-state index contributed by atoms with van der Waals surface area (Å²) in [4.78, 5) is 12.2. The van der Waals surface area contributed by atoms with E-state index in [1.54, 1.807) is 6.92 Å². The molecule has 2 rings (SSSR count). The van der Waals surface area contributed by atoms with Gasteiger partial charge in [0, 0.05) is 0 Å². The second-order valence-corrected chi connectivity index (χ2v) is 9.89. The first-order valence-electron chi connectivity index (χ1n) is 8.20. The minimum absolute atomic E-state index is 0.204. The van der Waals surface area contributed by atoms with Gasteiger partial charge in [-0.25, -0.2) is 0 Å². The summed E-state index contributed by atoms with van der Waals surface area (Å²) in [5, 5.41) is 3.50.